The molecule has 0 saturated carbocycles. The highest BCUT2D eigenvalue weighted by molar-refractivity contribution is 5.69. The number of piperidine rings is 1. The van der Waals surface area contributed by atoms with E-state index in [0.29, 0.717) is 12.1 Å². The van der Waals surface area contributed by atoms with Gasteiger partial charge in [-0.2, -0.15) is 0 Å². The molecule has 2 aliphatic heterocycles. The number of carbonyl (C=O) groups excluding carboxylic acids is 1. The molecule has 0 aromatic heterocycles. The maximum Gasteiger partial charge on any atom is 0.410 e. The van der Waals surface area contributed by atoms with Crippen molar-refractivity contribution in [1.29, 1.82) is 0 Å². The van der Waals surface area contributed by atoms with Crippen LogP contribution in [0.15, 0.2) is 0 Å². The van der Waals surface area contributed by atoms with Crippen molar-refractivity contribution in [2.75, 3.05) is 19.6 Å². The third-order valence-electron chi connectivity index (χ3n) is 3.84. The SMILES string of the molecule is C[C@@H]1CCCCN1C1CN(C(=O)OC(C)(C)C)C1. The molecule has 0 aromatic carbocycles. The molecule has 2 saturated heterocycles. The quantitative estimate of drug-likeness (QED) is 0.720. The molecule has 18 heavy (non-hydrogen) atoms. The Kier molecular flexibility index (Phi) is 3.85. The van der Waals surface area contributed by atoms with Crippen LogP contribution >= 0.6 is 0 Å². The monoisotopic (exact) mass is 254 g/mol. The zero-order chi connectivity index (χ0) is 13.3. The average Bonchev–Trinajstić information content (AvgIpc) is 2.15. The van der Waals surface area contributed by atoms with Crippen LogP contribution in [0.5, 0.6) is 0 Å². The molecule has 1 atom stereocenters. The van der Waals surface area contributed by atoms with Gasteiger partial charge in [-0.15, -0.1) is 0 Å². The second kappa shape index (κ2) is 5.08. The molecule has 0 unspecified atom stereocenters. The van der Waals surface area contributed by atoms with E-state index in [9.17, 15) is 4.79 Å². The Morgan fingerprint density at radius 3 is 2.44 bits per heavy atom. The van der Waals surface area contributed by atoms with Crippen molar-refractivity contribution in [2.45, 2.75) is 64.6 Å². The number of ether oxygens (including phenoxy) is 1. The molecule has 4 heteroatoms. The number of hydrogen-bond donors (Lipinski definition) is 0. The van der Waals surface area contributed by atoms with E-state index >= 15 is 0 Å². The number of rotatable bonds is 1. The molecule has 2 heterocycles. The summed E-state index contributed by atoms with van der Waals surface area (Å²) in [6.07, 6.45) is 3.78. The highest BCUT2D eigenvalue weighted by Gasteiger charge is 2.38. The first-order valence-corrected chi connectivity index (χ1v) is 7.10. The molecule has 0 radical (unpaired) electrons. The molecule has 0 aromatic rings. The number of carbonyl (C=O) groups is 1. The van der Waals surface area contributed by atoms with Gasteiger partial charge in [0.25, 0.3) is 0 Å². The van der Waals surface area contributed by atoms with Gasteiger partial charge in [0.05, 0.1) is 0 Å². The van der Waals surface area contributed by atoms with E-state index in [1.165, 1.54) is 25.8 Å². The van der Waals surface area contributed by atoms with Gasteiger partial charge in [-0.3, -0.25) is 4.90 Å². The Morgan fingerprint density at radius 1 is 1.22 bits per heavy atom. The number of likely N-dealkylation sites (tertiary alicyclic amines) is 2. The lowest BCUT2D eigenvalue weighted by molar-refractivity contribution is -0.0291. The summed E-state index contributed by atoms with van der Waals surface area (Å²) in [5.74, 6) is 0. The van der Waals surface area contributed by atoms with Crippen molar-refractivity contribution < 1.29 is 9.53 Å². The summed E-state index contributed by atoms with van der Waals surface area (Å²) in [5, 5.41) is 0. The van der Waals surface area contributed by atoms with Crippen molar-refractivity contribution in [3.63, 3.8) is 0 Å². The maximum atomic E-state index is 11.8. The number of hydrogen-bond acceptors (Lipinski definition) is 3. The Bertz CT molecular complexity index is 305. The van der Waals surface area contributed by atoms with Gasteiger partial charge in [-0.05, 0) is 47.1 Å². The predicted octanol–water partition coefficient (Wildman–Crippen LogP) is 2.48. The molecule has 0 aliphatic carbocycles. The summed E-state index contributed by atoms with van der Waals surface area (Å²) in [6, 6.07) is 1.22. The van der Waals surface area contributed by atoms with Gasteiger partial charge in [0, 0.05) is 25.2 Å². The Labute approximate surface area is 110 Å². The highest BCUT2D eigenvalue weighted by atomic mass is 16.6. The molecule has 104 valence electrons. The molecule has 0 N–H and O–H groups in total. The Balaban J connectivity index is 1.78. The second-order valence-electron chi connectivity index (χ2n) is 6.62. The van der Waals surface area contributed by atoms with Crippen molar-refractivity contribution in [3.05, 3.63) is 0 Å². The Morgan fingerprint density at radius 2 is 1.89 bits per heavy atom. The fraction of sp³-hybridized carbons (Fsp3) is 0.929. The smallest absolute Gasteiger partial charge is 0.410 e. The second-order valence-corrected chi connectivity index (χ2v) is 6.62. The first kappa shape index (κ1) is 13.7. The lowest BCUT2D eigenvalue weighted by Gasteiger charge is -2.49. The van der Waals surface area contributed by atoms with Gasteiger partial charge in [0.1, 0.15) is 5.60 Å². The van der Waals surface area contributed by atoms with E-state index in [2.05, 4.69) is 11.8 Å². The van der Waals surface area contributed by atoms with Gasteiger partial charge in [0.15, 0.2) is 0 Å². The third kappa shape index (κ3) is 3.16. The van der Waals surface area contributed by atoms with Crippen LogP contribution in [-0.4, -0.2) is 53.2 Å². The fourth-order valence-electron chi connectivity index (χ4n) is 2.80. The van der Waals surface area contributed by atoms with Crippen molar-refractivity contribution in [2.24, 2.45) is 0 Å². The zero-order valence-electron chi connectivity index (χ0n) is 12.1. The molecular weight excluding hydrogens is 228 g/mol. The molecule has 2 aliphatic rings. The van der Waals surface area contributed by atoms with E-state index in [-0.39, 0.29) is 11.7 Å². The summed E-state index contributed by atoms with van der Waals surface area (Å²) in [6.45, 7) is 10.9. The van der Waals surface area contributed by atoms with Crippen LogP contribution in [0.3, 0.4) is 0 Å². The highest BCUT2D eigenvalue weighted by Crippen LogP contribution is 2.25. The summed E-state index contributed by atoms with van der Waals surface area (Å²) in [7, 11) is 0. The van der Waals surface area contributed by atoms with Crippen LogP contribution < -0.4 is 0 Å². The summed E-state index contributed by atoms with van der Waals surface area (Å²) >= 11 is 0. The van der Waals surface area contributed by atoms with Crippen LogP contribution in [0.25, 0.3) is 0 Å². The minimum Gasteiger partial charge on any atom is -0.444 e. The lowest BCUT2D eigenvalue weighted by Crippen LogP contribution is -2.64. The van der Waals surface area contributed by atoms with Gasteiger partial charge < -0.3 is 9.64 Å². The topological polar surface area (TPSA) is 32.8 Å². The summed E-state index contributed by atoms with van der Waals surface area (Å²) in [4.78, 5) is 16.2. The largest absolute Gasteiger partial charge is 0.444 e. The molecule has 0 spiro atoms. The minimum atomic E-state index is -0.388. The van der Waals surface area contributed by atoms with Crippen LogP contribution in [0.4, 0.5) is 4.79 Å². The van der Waals surface area contributed by atoms with E-state index in [4.69, 9.17) is 4.74 Å². The van der Waals surface area contributed by atoms with Gasteiger partial charge in [-0.25, -0.2) is 4.79 Å². The fourth-order valence-corrected chi connectivity index (χ4v) is 2.80. The summed E-state index contributed by atoms with van der Waals surface area (Å²) < 4.78 is 5.37. The molecule has 0 bridgehead atoms. The van der Waals surface area contributed by atoms with E-state index in [1.807, 2.05) is 25.7 Å². The van der Waals surface area contributed by atoms with E-state index in [1.54, 1.807) is 0 Å². The molecule has 2 fully saturated rings. The third-order valence-corrected chi connectivity index (χ3v) is 3.84. The van der Waals surface area contributed by atoms with Gasteiger partial charge in [0.2, 0.25) is 0 Å². The van der Waals surface area contributed by atoms with E-state index in [0.717, 1.165) is 13.1 Å². The normalized spacial score (nSPS) is 26.9. The summed E-state index contributed by atoms with van der Waals surface area (Å²) in [5.41, 5.74) is -0.388. The molecule has 2 rings (SSSR count). The zero-order valence-corrected chi connectivity index (χ0v) is 12.1. The average molecular weight is 254 g/mol. The molecule has 1 amide bonds. The van der Waals surface area contributed by atoms with Crippen LogP contribution in [0, 0.1) is 0 Å². The van der Waals surface area contributed by atoms with Crippen LogP contribution in [0.2, 0.25) is 0 Å². The number of amides is 1. The van der Waals surface area contributed by atoms with Crippen molar-refractivity contribution in [3.8, 4) is 0 Å². The van der Waals surface area contributed by atoms with Crippen molar-refractivity contribution >= 4 is 6.09 Å². The minimum absolute atomic E-state index is 0.164. The van der Waals surface area contributed by atoms with E-state index < -0.39 is 0 Å². The first-order chi connectivity index (χ1) is 8.37. The molecular formula is C14H26N2O2. The Hall–Kier alpha value is -0.770. The standard InChI is InChI=1S/C14H26N2O2/c1-11-7-5-6-8-16(11)12-9-15(10-12)13(17)18-14(2,3)4/h11-12H,5-10H2,1-4H3/t11-/m1/s1. The van der Waals surface area contributed by atoms with Crippen LogP contribution in [0.1, 0.15) is 47.0 Å². The number of nitrogens with zero attached hydrogens (tertiary/aromatic N) is 2. The van der Waals surface area contributed by atoms with Gasteiger partial charge in [-0.1, -0.05) is 6.42 Å². The van der Waals surface area contributed by atoms with Gasteiger partial charge >= 0.3 is 6.09 Å². The first-order valence-electron chi connectivity index (χ1n) is 7.10. The van der Waals surface area contributed by atoms with Crippen molar-refractivity contribution in [1.82, 2.24) is 9.80 Å². The maximum absolute atomic E-state index is 11.8. The lowest BCUT2D eigenvalue weighted by atomic mass is 9.98. The predicted molar refractivity (Wildman–Crippen MR) is 71.6 cm³/mol. The molecule has 4 nitrogen and oxygen atoms in total. The van der Waals surface area contributed by atoms with Crippen LogP contribution in [-0.2, 0) is 4.74 Å².